The van der Waals surface area contributed by atoms with Gasteiger partial charge < -0.3 is 15.8 Å². The summed E-state index contributed by atoms with van der Waals surface area (Å²) in [5, 5.41) is 2.81. The Morgan fingerprint density at radius 3 is 2.64 bits per heavy atom. The number of nitrogens with one attached hydrogen (secondary N) is 1. The Morgan fingerprint density at radius 2 is 2.09 bits per heavy atom. The number of hydrogen-bond donors (Lipinski definition) is 2. The summed E-state index contributed by atoms with van der Waals surface area (Å²) in [6.07, 6.45) is -2.41. The quantitative estimate of drug-likeness (QED) is 0.846. The number of halogens is 3. The van der Waals surface area contributed by atoms with Gasteiger partial charge in [-0.3, -0.25) is 4.79 Å². The number of carbonyl (C=O) groups is 1. The Labute approximate surface area is 126 Å². The Balaban J connectivity index is 1.91. The van der Waals surface area contributed by atoms with Gasteiger partial charge >= 0.3 is 6.18 Å². The molecule has 1 atom stereocenters. The van der Waals surface area contributed by atoms with E-state index in [4.69, 9.17) is 10.5 Å². The van der Waals surface area contributed by atoms with Gasteiger partial charge in [0.05, 0.1) is 11.1 Å². The Bertz CT molecular complexity index is 544. The molecule has 1 aromatic rings. The standard InChI is InChI=1S/C15H19F3N2O2/c1-14(9-19,10-5-6-10)20-13(21)8-22-12-4-2-3-11(7-12)15(16,17)18/h2-4,7,10H,5-6,8-9,19H2,1H3,(H,20,21). The predicted molar refractivity (Wildman–Crippen MR) is 75.3 cm³/mol. The van der Waals surface area contributed by atoms with E-state index in [0.29, 0.717) is 12.5 Å². The van der Waals surface area contributed by atoms with Gasteiger partial charge in [-0.2, -0.15) is 13.2 Å². The number of benzene rings is 1. The van der Waals surface area contributed by atoms with Gasteiger partial charge in [0.25, 0.3) is 5.91 Å². The van der Waals surface area contributed by atoms with E-state index in [-0.39, 0.29) is 12.4 Å². The summed E-state index contributed by atoms with van der Waals surface area (Å²) in [6.45, 7) is 1.84. The molecule has 22 heavy (non-hydrogen) atoms. The maximum atomic E-state index is 12.6. The highest BCUT2D eigenvalue weighted by atomic mass is 19.4. The number of nitrogens with two attached hydrogens (primary N) is 1. The SMILES string of the molecule is CC(CN)(NC(=O)COc1cccc(C(F)(F)F)c1)C1CC1. The smallest absolute Gasteiger partial charge is 0.416 e. The predicted octanol–water partition coefficient (Wildman–Crippen LogP) is 2.33. The molecule has 1 saturated carbocycles. The number of rotatable bonds is 6. The monoisotopic (exact) mass is 316 g/mol. The van der Waals surface area contributed by atoms with Crippen LogP contribution in [-0.4, -0.2) is 24.6 Å². The van der Waals surface area contributed by atoms with E-state index in [9.17, 15) is 18.0 Å². The third-order valence-corrected chi connectivity index (χ3v) is 3.86. The Hall–Kier alpha value is -1.76. The van der Waals surface area contributed by atoms with E-state index in [1.807, 2.05) is 6.92 Å². The van der Waals surface area contributed by atoms with Crippen molar-refractivity contribution in [2.45, 2.75) is 31.5 Å². The second-order valence-electron chi connectivity index (χ2n) is 5.76. The summed E-state index contributed by atoms with van der Waals surface area (Å²) < 4.78 is 42.9. The lowest BCUT2D eigenvalue weighted by molar-refractivity contribution is -0.137. The Kier molecular flexibility index (Phi) is 4.65. The van der Waals surface area contributed by atoms with Gasteiger partial charge in [-0.05, 0) is 43.9 Å². The second kappa shape index (κ2) is 6.16. The fourth-order valence-corrected chi connectivity index (χ4v) is 2.31. The minimum Gasteiger partial charge on any atom is -0.484 e. The summed E-state index contributed by atoms with van der Waals surface area (Å²) in [5.41, 5.74) is 4.40. The first-order valence-electron chi connectivity index (χ1n) is 7.06. The highest BCUT2D eigenvalue weighted by Crippen LogP contribution is 2.39. The molecule has 1 aromatic carbocycles. The number of ether oxygens (including phenoxy) is 1. The fourth-order valence-electron chi connectivity index (χ4n) is 2.31. The molecule has 4 nitrogen and oxygen atoms in total. The lowest BCUT2D eigenvalue weighted by Crippen LogP contribution is -2.54. The minimum atomic E-state index is -4.44. The number of alkyl halides is 3. The topological polar surface area (TPSA) is 64.3 Å². The van der Waals surface area contributed by atoms with Crippen LogP contribution in [-0.2, 0) is 11.0 Å². The van der Waals surface area contributed by atoms with Crippen LogP contribution in [0, 0.1) is 5.92 Å². The average Bonchev–Trinajstić information content (AvgIpc) is 3.29. The maximum absolute atomic E-state index is 12.6. The summed E-state index contributed by atoms with van der Waals surface area (Å²) in [5.74, 6) is -0.0295. The van der Waals surface area contributed by atoms with Crippen LogP contribution in [0.4, 0.5) is 13.2 Å². The molecule has 0 bridgehead atoms. The van der Waals surface area contributed by atoms with Crippen LogP contribution in [0.15, 0.2) is 24.3 Å². The normalized spacial score (nSPS) is 17.7. The van der Waals surface area contributed by atoms with Crippen molar-refractivity contribution in [1.29, 1.82) is 0 Å². The van der Waals surface area contributed by atoms with Gasteiger partial charge in [0, 0.05) is 6.54 Å². The molecule has 0 aliphatic heterocycles. The molecule has 1 unspecified atom stereocenters. The van der Waals surface area contributed by atoms with Crippen LogP contribution < -0.4 is 15.8 Å². The lowest BCUT2D eigenvalue weighted by Gasteiger charge is -2.29. The first-order chi connectivity index (χ1) is 10.2. The molecule has 1 fully saturated rings. The minimum absolute atomic E-state index is 0.00542. The molecule has 0 radical (unpaired) electrons. The van der Waals surface area contributed by atoms with E-state index in [1.165, 1.54) is 12.1 Å². The third kappa shape index (κ3) is 4.13. The van der Waals surface area contributed by atoms with Gasteiger partial charge in [-0.1, -0.05) is 6.07 Å². The van der Waals surface area contributed by atoms with Crippen molar-refractivity contribution in [3.8, 4) is 5.75 Å². The van der Waals surface area contributed by atoms with E-state index < -0.39 is 23.2 Å². The van der Waals surface area contributed by atoms with Crippen molar-refractivity contribution in [2.75, 3.05) is 13.2 Å². The molecule has 0 heterocycles. The maximum Gasteiger partial charge on any atom is 0.416 e. The molecule has 0 saturated heterocycles. The second-order valence-corrected chi connectivity index (χ2v) is 5.76. The largest absolute Gasteiger partial charge is 0.484 e. The third-order valence-electron chi connectivity index (χ3n) is 3.86. The van der Waals surface area contributed by atoms with E-state index in [0.717, 1.165) is 25.0 Å². The van der Waals surface area contributed by atoms with Crippen molar-refractivity contribution >= 4 is 5.91 Å². The van der Waals surface area contributed by atoms with Crippen molar-refractivity contribution in [1.82, 2.24) is 5.32 Å². The lowest BCUT2D eigenvalue weighted by atomic mass is 9.96. The molecule has 1 amide bonds. The first kappa shape index (κ1) is 16.6. The molecule has 0 spiro atoms. The van der Waals surface area contributed by atoms with E-state index >= 15 is 0 Å². The van der Waals surface area contributed by atoms with Crippen molar-refractivity contribution < 1.29 is 22.7 Å². The van der Waals surface area contributed by atoms with Crippen LogP contribution in [0.25, 0.3) is 0 Å². The molecule has 0 aromatic heterocycles. The van der Waals surface area contributed by atoms with Gasteiger partial charge in [-0.15, -0.1) is 0 Å². The average molecular weight is 316 g/mol. The molecule has 122 valence electrons. The Morgan fingerprint density at radius 1 is 1.41 bits per heavy atom. The van der Waals surface area contributed by atoms with Crippen LogP contribution in [0.3, 0.4) is 0 Å². The number of amides is 1. The molecular weight excluding hydrogens is 297 g/mol. The van der Waals surface area contributed by atoms with Gasteiger partial charge in [0.2, 0.25) is 0 Å². The summed E-state index contributed by atoms with van der Waals surface area (Å²) in [4.78, 5) is 11.9. The van der Waals surface area contributed by atoms with Crippen LogP contribution in [0.5, 0.6) is 5.75 Å². The van der Waals surface area contributed by atoms with Gasteiger partial charge in [-0.25, -0.2) is 0 Å². The first-order valence-corrected chi connectivity index (χ1v) is 7.06. The molecule has 1 aliphatic rings. The fraction of sp³-hybridized carbons (Fsp3) is 0.533. The van der Waals surface area contributed by atoms with Crippen molar-refractivity contribution in [3.63, 3.8) is 0 Å². The zero-order valence-corrected chi connectivity index (χ0v) is 12.2. The molecule has 1 aliphatic carbocycles. The van der Waals surface area contributed by atoms with Crippen molar-refractivity contribution in [2.24, 2.45) is 11.7 Å². The zero-order chi connectivity index (χ0) is 16.4. The molecule has 7 heteroatoms. The molecule has 2 rings (SSSR count). The summed E-state index contributed by atoms with van der Waals surface area (Å²) in [7, 11) is 0. The number of hydrogen-bond acceptors (Lipinski definition) is 3. The van der Waals surface area contributed by atoms with Gasteiger partial charge in [0.1, 0.15) is 5.75 Å². The zero-order valence-electron chi connectivity index (χ0n) is 12.2. The molecular formula is C15H19F3N2O2. The molecule has 3 N–H and O–H groups in total. The van der Waals surface area contributed by atoms with E-state index in [1.54, 1.807) is 0 Å². The summed E-state index contributed by atoms with van der Waals surface area (Å²) in [6, 6.07) is 4.44. The van der Waals surface area contributed by atoms with Crippen LogP contribution >= 0.6 is 0 Å². The summed E-state index contributed by atoms with van der Waals surface area (Å²) >= 11 is 0. The highest BCUT2D eigenvalue weighted by Gasteiger charge is 2.41. The van der Waals surface area contributed by atoms with Crippen LogP contribution in [0.1, 0.15) is 25.3 Å². The van der Waals surface area contributed by atoms with Crippen LogP contribution in [0.2, 0.25) is 0 Å². The highest BCUT2D eigenvalue weighted by molar-refractivity contribution is 5.78. The van der Waals surface area contributed by atoms with Crippen molar-refractivity contribution in [3.05, 3.63) is 29.8 Å². The number of carbonyl (C=O) groups excluding carboxylic acids is 1. The van der Waals surface area contributed by atoms with E-state index in [2.05, 4.69) is 5.32 Å². The van der Waals surface area contributed by atoms with Gasteiger partial charge in [0.15, 0.2) is 6.61 Å².